The van der Waals surface area contributed by atoms with Crippen LogP contribution in [-0.2, 0) is 13.6 Å². The Bertz CT molecular complexity index is 2050. The van der Waals surface area contributed by atoms with E-state index in [0.29, 0.717) is 16.8 Å². The van der Waals surface area contributed by atoms with Crippen LogP contribution in [0, 0.1) is 0 Å². The molecule has 0 saturated carbocycles. The first-order valence-corrected chi connectivity index (χ1v) is 16.1. The number of hydrogen-bond acceptors (Lipinski definition) is 4. The lowest BCUT2D eigenvalue weighted by Gasteiger charge is -2.17. The number of amides is 1. The van der Waals surface area contributed by atoms with Gasteiger partial charge >= 0.3 is 0 Å². The van der Waals surface area contributed by atoms with E-state index in [-0.39, 0.29) is 17.8 Å². The lowest BCUT2D eigenvalue weighted by atomic mass is 9.98. The van der Waals surface area contributed by atoms with Crippen LogP contribution in [0.1, 0.15) is 64.8 Å². The maximum Gasteiger partial charge on any atom is 0.251 e. The van der Waals surface area contributed by atoms with Crippen molar-refractivity contribution < 1.29 is 9.90 Å². The van der Waals surface area contributed by atoms with Gasteiger partial charge in [0.05, 0.1) is 23.0 Å². The lowest BCUT2D eigenvalue weighted by molar-refractivity contribution is 0.0935. The molecule has 3 heterocycles. The van der Waals surface area contributed by atoms with Gasteiger partial charge in [-0.2, -0.15) is 0 Å². The number of aromatic hydroxyl groups is 1. The minimum atomic E-state index is -0.164. The Balaban J connectivity index is 1.32. The second kappa shape index (κ2) is 12.7. The van der Waals surface area contributed by atoms with Crippen molar-refractivity contribution in [3.8, 4) is 5.88 Å². The summed E-state index contributed by atoms with van der Waals surface area (Å²) in [7, 11) is 2.03. The van der Waals surface area contributed by atoms with Gasteiger partial charge in [0.15, 0.2) is 5.88 Å². The van der Waals surface area contributed by atoms with Crippen molar-refractivity contribution >= 4 is 39.1 Å². The SMILES string of the molecule is CC[C@@H](NC(=O)c1ccc2[nH]c(O)c(C(=Nc3cccc(CN4CCCC4)c3)c3ccc4c(ccn4C)c3)c2c1)c1ccccc1. The van der Waals surface area contributed by atoms with E-state index in [1.165, 1.54) is 18.4 Å². The normalized spacial score (nSPS) is 14.7. The Morgan fingerprint density at radius 3 is 2.54 bits per heavy atom. The van der Waals surface area contributed by atoms with E-state index in [2.05, 4.69) is 69.2 Å². The fraction of sp³-hybridized carbons (Fsp3) is 0.231. The van der Waals surface area contributed by atoms with E-state index in [9.17, 15) is 9.90 Å². The third-order valence-electron chi connectivity index (χ3n) is 9.11. The quantitative estimate of drug-likeness (QED) is 0.145. The summed E-state index contributed by atoms with van der Waals surface area (Å²) in [6.07, 6.45) is 5.30. The highest BCUT2D eigenvalue weighted by atomic mass is 16.3. The number of likely N-dealkylation sites (tertiary alicyclic amines) is 1. The molecule has 0 aliphatic carbocycles. The average Bonchev–Trinajstić information content (AvgIpc) is 3.81. The van der Waals surface area contributed by atoms with E-state index in [4.69, 9.17) is 4.99 Å². The van der Waals surface area contributed by atoms with E-state index >= 15 is 0 Å². The number of aryl methyl sites for hydroxylation is 1. The number of carbonyl (C=O) groups is 1. The van der Waals surface area contributed by atoms with Crippen molar-refractivity contribution in [1.82, 2.24) is 19.8 Å². The van der Waals surface area contributed by atoms with Gasteiger partial charge < -0.3 is 20.0 Å². The van der Waals surface area contributed by atoms with Crippen molar-refractivity contribution in [3.63, 3.8) is 0 Å². The first-order chi connectivity index (χ1) is 22.5. The molecular weight excluding hydrogens is 570 g/mol. The zero-order chi connectivity index (χ0) is 31.6. The molecule has 232 valence electrons. The third kappa shape index (κ3) is 5.94. The molecule has 1 saturated heterocycles. The Morgan fingerprint density at radius 2 is 1.74 bits per heavy atom. The number of fused-ring (bicyclic) bond motifs is 2. The first kappa shape index (κ1) is 29.6. The first-order valence-electron chi connectivity index (χ1n) is 16.1. The Kier molecular flexibility index (Phi) is 8.16. The zero-order valence-corrected chi connectivity index (χ0v) is 26.3. The molecule has 7 nitrogen and oxygen atoms in total. The standard InChI is InChI=1S/C39H39N5O2/c1-3-33(27-11-5-4-6-12-27)41-38(45)30-14-16-34-32(24-30)36(39(46)42-34)37(29-15-17-35-28(23-29)18-21-43(35)2)40-31-13-9-10-26(22-31)25-44-19-7-8-20-44/h4-6,9-18,21-24,33,42,46H,3,7-8,19-20,25H2,1-2H3,(H,41,45)/t33-/m1/s1. The number of rotatable bonds is 9. The lowest BCUT2D eigenvalue weighted by Crippen LogP contribution is -2.28. The van der Waals surface area contributed by atoms with Crippen LogP contribution in [0.4, 0.5) is 5.69 Å². The van der Waals surface area contributed by atoms with Gasteiger partial charge in [-0.15, -0.1) is 0 Å². The zero-order valence-electron chi connectivity index (χ0n) is 26.3. The van der Waals surface area contributed by atoms with Crippen LogP contribution < -0.4 is 5.32 Å². The van der Waals surface area contributed by atoms with E-state index < -0.39 is 0 Å². The van der Waals surface area contributed by atoms with Gasteiger partial charge in [0.25, 0.3) is 5.91 Å². The van der Waals surface area contributed by atoms with Crippen molar-refractivity contribution in [2.75, 3.05) is 13.1 Å². The number of hydrogen-bond donors (Lipinski definition) is 3. The van der Waals surface area contributed by atoms with Gasteiger partial charge in [0.2, 0.25) is 0 Å². The molecule has 1 aliphatic heterocycles. The summed E-state index contributed by atoms with van der Waals surface area (Å²) in [4.78, 5) is 24.4. The molecule has 1 fully saturated rings. The predicted octanol–water partition coefficient (Wildman–Crippen LogP) is 8.01. The molecule has 4 aromatic carbocycles. The number of aromatic nitrogens is 2. The summed E-state index contributed by atoms with van der Waals surface area (Å²) in [6.45, 7) is 5.21. The van der Waals surface area contributed by atoms with Crippen LogP contribution in [0.5, 0.6) is 5.88 Å². The molecule has 46 heavy (non-hydrogen) atoms. The molecular formula is C39H39N5O2. The Hall–Kier alpha value is -5.14. The minimum absolute atomic E-state index is 0.0170. The van der Waals surface area contributed by atoms with Crippen LogP contribution in [0.3, 0.4) is 0 Å². The highest BCUT2D eigenvalue weighted by Gasteiger charge is 2.22. The van der Waals surface area contributed by atoms with Crippen LogP contribution >= 0.6 is 0 Å². The molecule has 3 N–H and O–H groups in total. The van der Waals surface area contributed by atoms with Crippen molar-refractivity contribution in [2.45, 2.75) is 38.8 Å². The largest absolute Gasteiger partial charge is 0.494 e. The smallest absolute Gasteiger partial charge is 0.251 e. The highest BCUT2D eigenvalue weighted by molar-refractivity contribution is 6.23. The molecule has 2 aromatic heterocycles. The molecule has 7 heteroatoms. The Labute approximate surface area is 269 Å². The second-order valence-electron chi connectivity index (χ2n) is 12.3. The maximum absolute atomic E-state index is 13.6. The fourth-order valence-electron chi connectivity index (χ4n) is 6.65. The summed E-state index contributed by atoms with van der Waals surface area (Å²) in [5.41, 5.74) is 7.55. The monoisotopic (exact) mass is 609 g/mol. The predicted molar refractivity (Wildman–Crippen MR) is 186 cm³/mol. The maximum atomic E-state index is 13.6. The molecule has 7 rings (SSSR count). The Morgan fingerprint density at radius 1 is 0.935 bits per heavy atom. The fourth-order valence-corrected chi connectivity index (χ4v) is 6.65. The molecule has 1 amide bonds. The topological polar surface area (TPSA) is 85.7 Å². The van der Waals surface area contributed by atoms with E-state index in [0.717, 1.165) is 64.7 Å². The number of carbonyl (C=O) groups excluding carboxylic acids is 1. The van der Waals surface area contributed by atoms with Crippen LogP contribution in [0.25, 0.3) is 21.8 Å². The number of nitrogens with zero attached hydrogens (tertiary/aromatic N) is 3. The van der Waals surface area contributed by atoms with Crippen molar-refractivity contribution in [1.29, 1.82) is 0 Å². The molecule has 0 spiro atoms. The summed E-state index contributed by atoms with van der Waals surface area (Å²) in [5, 5.41) is 16.4. The highest BCUT2D eigenvalue weighted by Crippen LogP contribution is 2.34. The molecule has 0 radical (unpaired) electrons. The molecule has 6 aromatic rings. The summed E-state index contributed by atoms with van der Waals surface area (Å²) >= 11 is 0. The molecule has 1 aliphatic rings. The number of nitrogens with one attached hydrogen (secondary N) is 2. The number of aromatic amines is 1. The van der Waals surface area contributed by atoms with Gasteiger partial charge in [-0.25, -0.2) is 4.99 Å². The third-order valence-corrected chi connectivity index (χ3v) is 9.11. The summed E-state index contributed by atoms with van der Waals surface area (Å²) in [6, 6.07) is 32.1. The van der Waals surface area contributed by atoms with Gasteiger partial charge in [0, 0.05) is 52.7 Å². The average molecular weight is 610 g/mol. The number of H-pyrrole nitrogens is 1. The van der Waals surface area contributed by atoms with Gasteiger partial charge in [-0.1, -0.05) is 55.5 Å². The molecule has 1 atom stereocenters. The van der Waals surface area contributed by atoms with Gasteiger partial charge in [-0.05, 0) is 92.0 Å². The van der Waals surface area contributed by atoms with Crippen LogP contribution in [-0.4, -0.2) is 44.3 Å². The number of aliphatic imine (C=N–C) groups is 1. The van der Waals surface area contributed by atoms with Gasteiger partial charge in [0.1, 0.15) is 0 Å². The molecule has 0 bridgehead atoms. The van der Waals surface area contributed by atoms with Crippen molar-refractivity contribution in [2.24, 2.45) is 12.0 Å². The summed E-state index contributed by atoms with van der Waals surface area (Å²) < 4.78 is 2.09. The van der Waals surface area contributed by atoms with Crippen molar-refractivity contribution in [3.05, 3.63) is 131 Å². The number of benzene rings is 4. The minimum Gasteiger partial charge on any atom is -0.494 e. The van der Waals surface area contributed by atoms with Gasteiger partial charge in [-0.3, -0.25) is 9.69 Å². The van der Waals surface area contributed by atoms with Crippen LogP contribution in [0.15, 0.2) is 108 Å². The van der Waals surface area contributed by atoms with Crippen LogP contribution in [0.2, 0.25) is 0 Å². The second-order valence-corrected chi connectivity index (χ2v) is 12.3. The van der Waals surface area contributed by atoms with E-state index in [1.54, 1.807) is 6.07 Å². The molecule has 0 unspecified atom stereocenters. The summed E-state index contributed by atoms with van der Waals surface area (Å²) in [5.74, 6) is -0.147. The van der Waals surface area contributed by atoms with E-state index in [1.807, 2.05) is 61.8 Å².